The molecule has 29 heavy (non-hydrogen) atoms. The number of piperidine rings is 2. The predicted molar refractivity (Wildman–Crippen MR) is 109 cm³/mol. The van der Waals surface area contributed by atoms with Crippen LogP contribution in [0, 0.1) is 5.41 Å². The van der Waals surface area contributed by atoms with Crippen molar-refractivity contribution >= 4 is 22.8 Å². The second-order valence-corrected chi connectivity index (χ2v) is 8.89. The summed E-state index contributed by atoms with van der Waals surface area (Å²) < 4.78 is 7.81. The highest BCUT2D eigenvalue weighted by molar-refractivity contribution is 5.88. The number of carbonyl (C=O) groups excluding carboxylic acids is 1. The summed E-state index contributed by atoms with van der Waals surface area (Å²) in [6.07, 6.45) is 7.48. The lowest BCUT2D eigenvalue weighted by molar-refractivity contribution is -0.150. The standard InChI is InChI=1S/C21H29N5O3/c1-24-7-4-17-18(24)22-14-23-19(17)26-10-5-21(6-11-26)12-16(29-20(21)28)13-25-8-2-15(27)3-9-25/h4,7,14-16,27H,2-3,5-6,8-13H2,1H3. The Balaban J connectivity index is 1.24. The first-order valence-electron chi connectivity index (χ1n) is 10.7. The minimum absolute atomic E-state index is 0.0215. The first kappa shape index (κ1) is 18.8. The number of ether oxygens (including phenoxy) is 1. The summed E-state index contributed by atoms with van der Waals surface area (Å²) in [5.41, 5.74) is 0.585. The molecule has 5 heterocycles. The zero-order chi connectivity index (χ0) is 20.0. The van der Waals surface area contributed by atoms with E-state index >= 15 is 0 Å². The summed E-state index contributed by atoms with van der Waals surface area (Å²) in [6, 6.07) is 2.06. The first-order chi connectivity index (χ1) is 14.0. The number of hydrogen-bond donors (Lipinski definition) is 1. The third-order valence-corrected chi connectivity index (χ3v) is 7.00. The molecule has 3 aliphatic heterocycles. The molecule has 1 atom stereocenters. The van der Waals surface area contributed by atoms with Gasteiger partial charge in [0.15, 0.2) is 0 Å². The Bertz CT molecular complexity index is 897. The van der Waals surface area contributed by atoms with Gasteiger partial charge in [0.25, 0.3) is 0 Å². The van der Waals surface area contributed by atoms with Crippen LogP contribution in [0.3, 0.4) is 0 Å². The monoisotopic (exact) mass is 399 g/mol. The van der Waals surface area contributed by atoms with E-state index in [1.165, 1.54) is 0 Å². The number of aliphatic hydroxyl groups is 1. The number of likely N-dealkylation sites (tertiary alicyclic amines) is 1. The highest BCUT2D eigenvalue weighted by Crippen LogP contribution is 2.44. The number of aromatic nitrogens is 3. The van der Waals surface area contributed by atoms with Gasteiger partial charge in [-0.05, 0) is 31.7 Å². The van der Waals surface area contributed by atoms with Crippen LogP contribution in [-0.4, -0.2) is 75.4 Å². The average molecular weight is 399 g/mol. The van der Waals surface area contributed by atoms with Gasteiger partial charge < -0.3 is 19.3 Å². The Kier molecular flexibility index (Phi) is 4.70. The molecule has 5 rings (SSSR count). The molecule has 3 aliphatic rings. The molecule has 1 spiro atoms. The van der Waals surface area contributed by atoms with Gasteiger partial charge in [0.1, 0.15) is 23.9 Å². The minimum atomic E-state index is -0.348. The maximum absolute atomic E-state index is 12.8. The third-order valence-electron chi connectivity index (χ3n) is 7.00. The lowest BCUT2D eigenvalue weighted by Gasteiger charge is -2.37. The molecule has 0 aromatic carbocycles. The number of hydrogen-bond acceptors (Lipinski definition) is 7. The van der Waals surface area contributed by atoms with E-state index in [2.05, 4.69) is 25.8 Å². The number of rotatable bonds is 3. The molecule has 0 amide bonds. The lowest BCUT2D eigenvalue weighted by Crippen LogP contribution is -2.43. The highest BCUT2D eigenvalue weighted by Gasteiger charge is 2.50. The van der Waals surface area contributed by atoms with E-state index in [1.807, 2.05) is 17.8 Å². The van der Waals surface area contributed by atoms with E-state index < -0.39 is 0 Å². The summed E-state index contributed by atoms with van der Waals surface area (Å²) in [7, 11) is 1.99. The van der Waals surface area contributed by atoms with Gasteiger partial charge >= 0.3 is 5.97 Å². The molecule has 3 saturated heterocycles. The Morgan fingerprint density at radius 3 is 2.72 bits per heavy atom. The normalized spacial score (nSPS) is 25.8. The van der Waals surface area contributed by atoms with E-state index in [9.17, 15) is 9.90 Å². The second-order valence-electron chi connectivity index (χ2n) is 8.89. The summed E-state index contributed by atoms with van der Waals surface area (Å²) in [6.45, 7) is 4.17. The van der Waals surface area contributed by atoms with Gasteiger partial charge in [-0.25, -0.2) is 9.97 Å². The van der Waals surface area contributed by atoms with E-state index in [1.54, 1.807) is 6.33 Å². The van der Waals surface area contributed by atoms with Crippen LogP contribution in [0.4, 0.5) is 5.82 Å². The van der Waals surface area contributed by atoms with Crippen LogP contribution in [-0.2, 0) is 16.6 Å². The number of anilines is 1. The van der Waals surface area contributed by atoms with Crippen LogP contribution in [0.15, 0.2) is 18.6 Å². The topological polar surface area (TPSA) is 83.7 Å². The predicted octanol–water partition coefficient (Wildman–Crippen LogP) is 1.33. The van der Waals surface area contributed by atoms with Gasteiger partial charge in [-0.1, -0.05) is 0 Å². The SMILES string of the molecule is Cn1ccc2c(N3CCC4(CC3)CC(CN3CCC(O)CC3)OC4=O)ncnc21. The van der Waals surface area contributed by atoms with Crippen molar-refractivity contribution in [3.63, 3.8) is 0 Å². The molecule has 0 bridgehead atoms. The zero-order valence-electron chi connectivity index (χ0n) is 17.0. The largest absolute Gasteiger partial charge is 0.461 e. The number of nitrogens with zero attached hydrogens (tertiary/aromatic N) is 5. The van der Waals surface area contributed by atoms with Gasteiger partial charge in [-0.3, -0.25) is 9.69 Å². The molecule has 0 aliphatic carbocycles. The molecular formula is C21H29N5O3. The van der Waals surface area contributed by atoms with Crippen molar-refractivity contribution in [1.82, 2.24) is 19.4 Å². The second kappa shape index (κ2) is 7.25. The number of esters is 1. The van der Waals surface area contributed by atoms with E-state index in [4.69, 9.17) is 4.74 Å². The van der Waals surface area contributed by atoms with Crippen LogP contribution < -0.4 is 4.90 Å². The van der Waals surface area contributed by atoms with Crippen LogP contribution in [0.2, 0.25) is 0 Å². The molecule has 2 aromatic rings. The molecule has 3 fully saturated rings. The van der Waals surface area contributed by atoms with Crippen molar-refractivity contribution in [2.75, 3.05) is 37.6 Å². The summed E-state index contributed by atoms with van der Waals surface area (Å²) >= 11 is 0. The van der Waals surface area contributed by atoms with E-state index in [0.717, 1.165) is 81.7 Å². The van der Waals surface area contributed by atoms with Crippen LogP contribution in [0.25, 0.3) is 11.0 Å². The van der Waals surface area contributed by atoms with Crippen LogP contribution >= 0.6 is 0 Å². The van der Waals surface area contributed by atoms with Gasteiger partial charge in [0.2, 0.25) is 0 Å². The molecule has 0 saturated carbocycles. The quantitative estimate of drug-likeness (QED) is 0.780. The third kappa shape index (κ3) is 3.38. The van der Waals surface area contributed by atoms with Crippen molar-refractivity contribution in [2.24, 2.45) is 12.5 Å². The van der Waals surface area contributed by atoms with E-state index in [-0.39, 0.29) is 23.6 Å². The van der Waals surface area contributed by atoms with Crippen molar-refractivity contribution in [1.29, 1.82) is 0 Å². The summed E-state index contributed by atoms with van der Waals surface area (Å²) in [4.78, 5) is 26.3. The van der Waals surface area contributed by atoms with Crippen LogP contribution in [0.5, 0.6) is 0 Å². The molecule has 1 N–H and O–H groups in total. The maximum atomic E-state index is 12.8. The Labute approximate surface area is 170 Å². The van der Waals surface area contributed by atoms with Gasteiger partial charge in [0, 0.05) is 52.4 Å². The fraction of sp³-hybridized carbons (Fsp3) is 0.667. The molecule has 156 valence electrons. The maximum Gasteiger partial charge on any atom is 0.312 e. The molecule has 8 heteroatoms. The lowest BCUT2D eigenvalue weighted by atomic mass is 9.76. The fourth-order valence-corrected chi connectivity index (χ4v) is 5.20. The first-order valence-corrected chi connectivity index (χ1v) is 10.7. The van der Waals surface area contributed by atoms with Gasteiger partial charge in [-0.2, -0.15) is 0 Å². The Morgan fingerprint density at radius 1 is 1.21 bits per heavy atom. The highest BCUT2D eigenvalue weighted by atomic mass is 16.6. The zero-order valence-corrected chi connectivity index (χ0v) is 17.0. The van der Waals surface area contributed by atoms with Gasteiger partial charge in [0.05, 0.1) is 16.9 Å². The number of cyclic esters (lactones) is 1. The number of aryl methyl sites for hydroxylation is 1. The molecule has 1 unspecified atom stereocenters. The fourth-order valence-electron chi connectivity index (χ4n) is 5.20. The number of carbonyl (C=O) groups is 1. The van der Waals surface area contributed by atoms with E-state index in [0.29, 0.717) is 0 Å². The molecule has 8 nitrogen and oxygen atoms in total. The number of fused-ring (bicyclic) bond motifs is 1. The van der Waals surface area contributed by atoms with Crippen LogP contribution in [0.1, 0.15) is 32.1 Å². The van der Waals surface area contributed by atoms with Gasteiger partial charge in [-0.15, -0.1) is 0 Å². The molecule has 0 radical (unpaired) electrons. The summed E-state index contributed by atoms with van der Waals surface area (Å²) in [5, 5.41) is 10.7. The number of aliphatic hydroxyl groups excluding tert-OH is 1. The Hall–Kier alpha value is -2.19. The van der Waals surface area contributed by atoms with Crippen molar-refractivity contribution in [2.45, 2.75) is 44.3 Å². The minimum Gasteiger partial charge on any atom is -0.461 e. The molecular weight excluding hydrogens is 370 g/mol. The average Bonchev–Trinajstić information content (AvgIpc) is 3.25. The molecule has 2 aromatic heterocycles. The van der Waals surface area contributed by atoms with Crippen molar-refractivity contribution in [3.05, 3.63) is 18.6 Å². The Morgan fingerprint density at radius 2 is 1.97 bits per heavy atom. The summed E-state index contributed by atoms with van der Waals surface area (Å²) in [5.74, 6) is 0.937. The smallest absolute Gasteiger partial charge is 0.312 e. The van der Waals surface area contributed by atoms with Crippen molar-refractivity contribution in [3.8, 4) is 0 Å². The van der Waals surface area contributed by atoms with Crippen molar-refractivity contribution < 1.29 is 14.6 Å².